The Morgan fingerprint density at radius 2 is 1.76 bits per heavy atom. The standard InChI is InChI=1S/C22H19ClF6N8O4/c23-12-5-3-11(4-6-12)17-34-36(20(40)35(17)8-15(39)21(24,25)26)9-16-32-18(13(30)10-38)37(33-16)19-14(2-1-7-31-19)41-22(27,28)29/h1-7,13,15,38-39H,8-10,30H2/t13-,15+/m1/s1. The zero-order chi connectivity index (χ0) is 30.1. The SMILES string of the molecule is N[C@H](CO)c1nc(Cn2nc(-c3ccc(Cl)cc3)n(C[C@H](O)C(F)(F)F)c2=O)nn1-c1ncccc1OC(F)(F)F. The van der Waals surface area contributed by atoms with Crippen molar-refractivity contribution < 1.29 is 41.3 Å². The maximum Gasteiger partial charge on any atom is 0.573 e. The zero-order valence-corrected chi connectivity index (χ0v) is 21.1. The molecule has 12 nitrogen and oxygen atoms in total. The van der Waals surface area contributed by atoms with Gasteiger partial charge in [-0.2, -0.15) is 17.9 Å². The third-order valence-corrected chi connectivity index (χ3v) is 5.68. The lowest BCUT2D eigenvalue weighted by Crippen LogP contribution is -2.37. The number of aromatic nitrogens is 7. The van der Waals surface area contributed by atoms with Crippen molar-refractivity contribution in [1.29, 1.82) is 0 Å². The van der Waals surface area contributed by atoms with Gasteiger partial charge in [-0.25, -0.2) is 19.4 Å². The molecule has 0 unspecified atom stereocenters. The van der Waals surface area contributed by atoms with Crippen molar-refractivity contribution in [3.8, 4) is 23.0 Å². The summed E-state index contributed by atoms with van der Waals surface area (Å²) in [5.74, 6) is -2.09. The van der Waals surface area contributed by atoms with E-state index < -0.39 is 61.6 Å². The molecule has 2 atom stereocenters. The number of benzene rings is 1. The van der Waals surface area contributed by atoms with E-state index in [0.29, 0.717) is 14.3 Å². The molecule has 0 spiro atoms. The van der Waals surface area contributed by atoms with Crippen LogP contribution < -0.4 is 16.2 Å². The minimum Gasteiger partial charge on any atom is -0.402 e. The monoisotopic (exact) mass is 608 g/mol. The molecule has 220 valence electrons. The molecule has 0 saturated carbocycles. The first-order valence-electron chi connectivity index (χ1n) is 11.4. The van der Waals surface area contributed by atoms with E-state index >= 15 is 0 Å². The van der Waals surface area contributed by atoms with E-state index in [2.05, 4.69) is 24.9 Å². The topological polar surface area (TPSA) is 159 Å². The molecule has 0 radical (unpaired) electrons. The summed E-state index contributed by atoms with van der Waals surface area (Å²) in [5, 5.41) is 27.6. The summed E-state index contributed by atoms with van der Waals surface area (Å²) >= 11 is 5.87. The van der Waals surface area contributed by atoms with E-state index in [4.69, 9.17) is 17.3 Å². The quantitative estimate of drug-likeness (QED) is 0.242. The molecular weight excluding hydrogens is 590 g/mol. The number of aliphatic hydroxyl groups excluding tert-OH is 2. The van der Waals surface area contributed by atoms with Crippen molar-refractivity contribution in [3.05, 3.63) is 69.8 Å². The number of nitrogens with zero attached hydrogens (tertiary/aromatic N) is 7. The molecule has 3 heterocycles. The van der Waals surface area contributed by atoms with Gasteiger partial charge in [-0.1, -0.05) is 11.6 Å². The highest BCUT2D eigenvalue weighted by atomic mass is 35.5. The number of hydrogen-bond donors (Lipinski definition) is 3. The highest BCUT2D eigenvalue weighted by molar-refractivity contribution is 6.30. The molecule has 19 heteroatoms. The van der Waals surface area contributed by atoms with E-state index in [-0.39, 0.29) is 23.0 Å². The Morgan fingerprint density at radius 1 is 1.07 bits per heavy atom. The predicted molar refractivity (Wildman–Crippen MR) is 128 cm³/mol. The van der Waals surface area contributed by atoms with Crippen LogP contribution in [0.25, 0.3) is 17.2 Å². The number of pyridine rings is 1. The third kappa shape index (κ3) is 6.84. The Balaban J connectivity index is 1.79. The predicted octanol–water partition coefficient (Wildman–Crippen LogP) is 2.20. The van der Waals surface area contributed by atoms with Crippen molar-refractivity contribution in [2.24, 2.45) is 5.73 Å². The van der Waals surface area contributed by atoms with Gasteiger partial charge < -0.3 is 20.7 Å². The lowest BCUT2D eigenvalue weighted by atomic mass is 10.2. The van der Waals surface area contributed by atoms with Crippen molar-refractivity contribution in [2.75, 3.05) is 6.61 Å². The second kappa shape index (κ2) is 11.5. The van der Waals surface area contributed by atoms with E-state index in [1.807, 2.05) is 0 Å². The van der Waals surface area contributed by atoms with Crippen LogP contribution in [0, 0.1) is 0 Å². The van der Waals surface area contributed by atoms with Gasteiger partial charge in [-0.3, -0.25) is 4.57 Å². The summed E-state index contributed by atoms with van der Waals surface area (Å²) in [4.78, 5) is 21.1. The first-order chi connectivity index (χ1) is 19.2. The third-order valence-electron chi connectivity index (χ3n) is 5.43. The molecule has 1 aromatic carbocycles. The van der Waals surface area contributed by atoms with Gasteiger partial charge in [-0.15, -0.1) is 23.4 Å². The van der Waals surface area contributed by atoms with Crippen molar-refractivity contribution in [3.63, 3.8) is 0 Å². The zero-order valence-electron chi connectivity index (χ0n) is 20.4. The highest BCUT2D eigenvalue weighted by Crippen LogP contribution is 2.29. The Morgan fingerprint density at radius 3 is 2.37 bits per heavy atom. The van der Waals surface area contributed by atoms with Gasteiger partial charge >= 0.3 is 18.2 Å². The number of nitrogens with two attached hydrogens (primary N) is 1. The molecule has 41 heavy (non-hydrogen) atoms. The lowest BCUT2D eigenvalue weighted by molar-refractivity contribution is -0.274. The van der Waals surface area contributed by atoms with Crippen molar-refractivity contribution >= 4 is 11.6 Å². The smallest absolute Gasteiger partial charge is 0.402 e. The van der Waals surface area contributed by atoms with Crippen LogP contribution in [0.15, 0.2) is 47.4 Å². The van der Waals surface area contributed by atoms with Gasteiger partial charge in [0.1, 0.15) is 6.54 Å². The summed E-state index contributed by atoms with van der Waals surface area (Å²) in [5.41, 5.74) is 4.95. The van der Waals surface area contributed by atoms with Crippen LogP contribution in [0.3, 0.4) is 0 Å². The number of aliphatic hydroxyl groups is 2. The van der Waals surface area contributed by atoms with E-state index in [1.165, 1.54) is 24.3 Å². The van der Waals surface area contributed by atoms with E-state index in [1.54, 1.807) is 0 Å². The molecule has 0 bridgehead atoms. The van der Waals surface area contributed by atoms with Gasteiger partial charge in [-0.05, 0) is 36.4 Å². The van der Waals surface area contributed by atoms with E-state index in [0.717, 1.165) is 23.0 Å². The molecule has 0 saturated heterocycles. The van der Waals surface area contributed by atoms with Crippen LogP contribution in [-0.2, 0) is 13.1 Å². The average molecular weight is 609 g/mol. The molecule has 4 rings (SSSR count). The first-order valence-corrected chi connectivity index (χ1v) is 11.8. The maximum absolute atomic E-state index is 13.1. The second-order valence-corrected chi connectivity index (χ2v) is 8.84. The molecule has 0 fully saturated rings. The van der Waals surface area contributed by atoms with Crippen LogP contribution in [-0.4, -0.2) is 69.6 Å². The molecule has 0 aliphatic rings. The Hall–Kier alpha value is -4.00. The summed E-state index contributed by atoms with van der Waals surface area (Å²) in [6.07, 6.45) is -11.9. The van der Waals surface area contributed by atoms with Crippen molar-refractivity contribution in [2.45, 2.75) is 37.8 Å². The molecule has 0 aliphatic heterocycles. The molecule has 3 aromatic heterocycles. The second-order valence-electron chi connectivity index (χ2n) is 8.40. The van der Waals surface area contributed by atoms with Crippen LogP contribution in [0.5, 0.6) is 5.75 Å². The first kappa shape index (κ1) is 30.0. The van der Waals surface area contributed by atoms with E-state index in [9.17, 15) is 41.4 Å². The fraction of sp³-hybridized carbons (Fsp3) is 0.318. The number of alkyl halides is 6. The molecule has 0 amide bonds. The number of hydrogen-bond acceptors (Lipinski definition) is 9. The summed E-state index contributed by atoms with van der Waals surface area (Å²) in [7, 11) is 0. The maximum atomic E-state index is 13.1. The Bertz CT molecular complexity index is 1570. The molecule has 4 aromatic rings. The van der Waals surface area contributed by atoms with Crippen LogP contribution in [0.2, 0.25) is 5.02 Å². The average Bonchev–Trinajstić information content (AvgIpc) is 3.44. The molecular formula is C22H19ClF6N8O4. The van der Waals surface area contributed by atoms with Gasteiger partial charge in [0.25, 0.3) is 0 Å². The van der Waals surface area contributed by atoms with Gasteiger partial charge in [0.2, 0.25) is 0 Å². The molecule has 0 aliphatic carbocycles. The number of rotatable bonds is 9. The number of ether oxygens (including phenoxy) is 1. The minimum absolute atomic E-state index is 0.184. The fourth-order valence-corrected chi connectivity index (χ4v) is 3.72. The normalized spacial score (nSPS) is 13.8. The molecule has 4 N–H and O–H groups in total. The van der Waals surface area contributed by atoms with Crippen LogP contribution in [0.1, 0.15) is 17.7 Å². The number of halogens is 7. The summed E-state index contributed by atoms with van der Waals surface area (Å²) < 4.78 is 84.3. The van der Waals surface area contributed by atoms with Crippen molar-refractivity contribution in [1.82, 2.24) is 34.1 Å². The van der Waals surface area contributed by atoms with Crippen LogP contribution in [0.4, 0.5) is 26.3 Å². The Kier molecular flexibility index (Phi) is 8.39. The largest absolute Gasteiger partial charge is 0.573 e. The highest BCUT2D eigenvalue weighted by Gasteiger charge is 2.39. The van der Waals surface area contributed by atoms with Gasteiger partial charge in [0.15, 0.2) is 35.1 Å². The minimum atomic E-state index is -5.10. The summed E-state index contributed by atoms with van der Waals surface area (Å²) in [6, 6.07) is 6.42. The van der Waals surface area contributed by atoms with Crippen LogP contribution >= 0.6 is 11.6 Å². The van der Waals surface area contributed by atoms with Gasteiger partial charge in [0.05, 0.1) is 19.2 Å². The fourth-order valence-electron chi connectivity index (χ4n) is 3.59. The Labute approximate surface area is 230 Å². The van der Waals surface area contributed by atoms with Gasteiger partial charge in [0, 0.05) is 16.8 Å². The lowest BCUT2D eigenvalue weighted by Gasteiger charge is -2.15. The summed E-state index contributed by atoms with van der Waals surface area (Å²) in [6.45, 7) is -2.52.